The minimum Gasteiger partial charge on any atom is -0.487 e. The number of fused-ring (bicyclic) bond motifs is 1. The molecule has 0 fully saturated rings. The predicted molar refractivity (Wildman–Crippen MR) is 134 cm³/mol. The van der Waals surface area contributed by atoms with Gasteiger partial charge >= 0.3 is 0 Å². The average molecular weight is 515 g/mol. The van der Waals surface area contributed by atoms with Crippen LogP contribution in [0.2, 0.25) is 0 Å². The normalized spacial score (nSPS) is 20.7. The molecule has 2 aromatic carbocycles. The fourth-order valence-electron chi connectivity index (χ4n) is 4.40. The molecular formula is C26H31FN4O4S. The third-order valence-corrected chi connectivity index (χ3v) is 8.43. The number of halogens is 1. The maximum Gasteiger partial charge on any atom is 0.247 e. The van der Waals surface area contributed by atoms with Gasteiger partial charge in [-0.3, -0.25) is 4.90 Å². The quantitative estimate of drug-likeness (QED) is 0.517. The Balaban J connectivity index is 1.74. The molecule has 0 saturated heterocycles. The van der Waals surface area contributed by atoms with Crippen LogP contribution in [0, 0.1) is 11.7 Å². The second-order valence-corrected chi connectivity index (χ2v) is 11.2. The van der Waals surface area contributed by atoms with Crippen LogP contribution in [-0.4, -0.2) is 71.6 Å². The molecule has 0 spiro atoms. The summed E-state index contributed by atoms with van der Waals surface area (Å²) in [5.41, 5.74) is 1.82. The van der Waals surface area contributed by atoms with Gasteiger partial charge in [0.2, 0.25) is 10.0 Å². The summed E-state index contributed by atoms with van der Waals surface area (Å²) in [5.74, 6) is -0.441. The summed E-state index contributed by atoms with van der Waals surface area (Å²) in [7, 11) is -2.02. The van der Waals surface area contributed by atoms with Gasteiger partial charge in [0.1, 0.15) is 28.9 Å². The van der Waals surface area contributed by atoms with E-state index in [9.17, 15) is 17.9 Å². The van der Waals surface area contributed by atoms with Gasteiger partial charge in [0.25, 0.3) is 0 Å². The van der Waals surface area contributed by atoms with E-state index in [1.807, 2.05) is 14.0 Å². The molecule has 3 aromatic rings. The summed E-state index contributed by atoms with van der Waals surface area (Å²) in [6, 6.07) is 10.4. The number of benzene rings is 2. The van der Waals surface area contributed by atoms with Crippen LogP contribution in [-0.2, 0) is 16.6 Å². The first-order chi connectivity index (χ1) is 17.2. The number of sulfonamides is 1. The number of nitrogens with zero attached hydrogens (tertiary/aromatic N) is 4. The summed E-state index contributed by atoms with van der Waals surface area (Å²) in [6.07, 6.45) is 4.60. The van der Waals surface area contributed by atoms with Crippen molar-refractivity contribution in [1.82, 2.24) is 19.2 Å². The van der Waals surface area contributed by atoms with E-state index >= 15 is 0 Å². The first-order valence-electron chi connectivity index (χ1n) is 11.8. The Labute approximate surface area is 211 Å². The van der Waals surface area contributed by atoms with Gasteiger partial charge in [-0.2, -0.15) is 4.31 Å². The fourth-order valence-corrected chi connectivity index (χ4v) is 6.23. The maximum atomic E-state index is 14.5. The van der Waals surface area contributed by atoms with E-state index in [0.717, 1.165) is 5.56 Å². The monoisotopic (exact) mass is 514 g/mol. The van der Waals surface area contributed by atoms with Gasteiger partial charge in [-0.15, -0.1) is 0 Å². The number of ether oxygens (including phenoxy) is 1. The Morgan fingerprint density at radius 1 is 1.22 bits per heavy atom. The summed E-state index contributed by atoms with van der Waals surface area (Å²) in [4.78, 5) is 10.2. The van der Waals surface area contributed by atoms with E-state index in [-0.39, 0.29) is 35.8 Å². The van der Waals surface area contributed by atoms with E-state index in [1.165, 1.54) is 22.8 Å². The molecule has 1 N–H and O–H groups in total. The van der Waals surface area contributed by atoms with E-state index in [1.54, 1.807) is 49.6 Å². The zero-order chi connectivity index (χ0) is 25.9. The second kappa shape index (κ2) is 11.0. The van der Waals surface area contributed by atoms with Crippen LogP contribution >= 0.6 is 0 Å². The van der Waals surface area contributed by atoms with Gasteiger partial charge in [-0.1, -0.05) is 31.2 Å². The third-order valence-electron chi connectivity index (χ3n) is 6.41. The second-order valence-electron chi connectivity index (χ2n) is 9.32. The summed E-state index contributed by atoms with van der Waals surface area (Å²) in [5, 5.41) is 9.82. The molecule has 1 aromatic heterocycles. The number of hydrogen-bond donors (Lipinski definition) is 1. The minimum absolute atomic E-state index is 0.00102. The molecule has 0 amide bonds. The van der Waals surface area contributed by atoms with E-state index in [2.05, 4.69) is 14.9 Å². The highest BCUT2D eigenvalue weighted by molar-refractivity contribution is 7.89. The zero-order valence-corrected chi connectivity index (χ0v) is 21.4. The lowest BCUT2D eigenvalue weighted by atomic mass is 10.0. The van der Waals surface area contributed by atoms with Crippen LogP contribution < -0.4 is 4.74 Å². The highest BCUT2D eigenvalue weighted by atomic mass is 32.2. The summed E-state index contributed by atoms with van der Waals surface area (Å²) < 4.78 is 49.5. The predicted octanol–water partition coefficient (Wildman–Crippen LogP) is 3.18. The number of aliphatic hydroxyl groups is 1. The van der Waals surface area contributed by atoms with E-state index in [4.69, 9.17) is 4.74 Å². The van der Waals surface area contributed by atoms with Crippen LogP contribution in [0.5, 0.6) is 5.75 Å². The van der Waals surface area contributed by atoms with Crippen molar-refractivity contribution in [3.05, 3.63) is 72.6 Å². The molecule has 36 heavy (non-hydrogen) atoms. The molecule has 192 valence electrons. The Bertz CT molecular complexity index is 1290. The number of rotatable bonds is 7. The molecule has 0 unspecified atom stereocenters. The molecule has 4 rings (SSSR count). The van der Waals surface area contributed by atoms with Gasteiger partial charge in [0, 0.05) is 55.1 Å². The molecule has 10 heteroatoms. The number of aliphatic hydroxyl groups excluding tert-OH is 1. The molecule has 0 aliphatic carbocycles. The van der Waals surface area contributed by atoms with Crippen molar-refractivity contribution >= 4 is 10.0 Å². The van der Waals surface area contributed by atoms with Gasteiger partial charge in [0.15, 0.2) is 0 Å². The van der Waals surface area contributed by atoms with Gasteiger partial charge < -0.3 is 9.84 Å². The topological polar surface area (TPSA) is 95.9 Å². The molecule has 0 radical (unpaired) electrons. The molecule has 2 heterocycles. The highest BCUT2D eigenvalue weighted by Gasteiger charge is 2.38. The van der Waals surface area contributed by atoms with Crippen LogP contribution in [0.25, 0.3) is 11.1 Å². The van der Waals surface area contributed by atoms with Crippen LogP contribution in [0.4, 0.5) is 4.39 Å². The molecule has 1 aliphatic heterocycles. The van der Waals surface area contributed by atoms with Crippen molar-refractivity contribution in [2.75, 3.05) is 26.7 Å². The van der Waals surface area contributed by atoms with Crippen LogP contribution in [0.1, 0.15) is 19.4 Å². The lowest BCUT2D eigenvalue weighted by Gasteiger charge is -2.37. The minimum atomic E-state index is -3.97. The average Bonchev–Trinajstić information content (AvgIpc) is 2.86. The van der Waals surface area contributed by atoms with Crippen molar-refractivity contribution in [2.24, 2.45) is 5.92 Å². The van der Waals surface area contributed by atoms with Crippen LogP contribution in [0.15, 0.2) is 66.1 Å². The largest absolute Gasteiger partial charge is 0.487 e. The highest BCUT2D eigenvalue weighted by Crippen LogP contribution is 2.37. The number of hydrogen-bond acceptors (Lipinski definition) is 7. The summed E-state index contributed by atoms with van der Waals surface area (Å²) in [6.45, 7) is 4.57. The smallest absolute Gasteiger partial charge is 0.247 e. The number of likely N-dealkylation sites (N-methyl/N-ethyl adjacent to an activating group) is 1. The van der Waals surface area contributed by atoms with Gasteiger partial charge in [0.05, 0.1) is 6.61 Å². The Morgan fingerprint density at radius 3 is 2.64 bits per heavy atom. The molecule has 0 bridgehead atoms. The fraction of sp³-hybridized carbons (Fsp3) is 0.385. The zero-order valence-electron chi connectivity index (χ0n) is 20.6. The van der Waals surface area contributed by atoms with E-state index < -0.39 is 21.9 Å². The van der Waals surface area contributed by atoms with Crippen molar-refractivity contribution in [1.29, 1.82) is 0 Å². The van der Waals surface area contributed by atoms with Crippen molar-refractivity contribution < 1.29 is 22.7 Å². The summed E-state index contributed by atoms with van der Waals surface area (Å²) >= 11 is 0. The van der Waals surface area contributed by atoms with Crippen molar-refractivity contribution in [2.45, 2.75) is 37.4 Å². The SMILES string of the molecule is C[C@@H]1CN([C@@H](C)CO)S(=O)(=O)c2ccc(-c3ccccc3F)cc2O[C@@H]1CN(C)Cc1cncnc1. The maximum absolute atomic E-state index is 14.5. The lowest BCUT2D eigenvalue weighted by Crippen LogP contribution is -2.49. The Kier molecular flexibility index (Phi) is 7.99. The van der Waals surface area contributed by atoms with Gasteiger partial charge in [-0.25, -0.2) is 22.8 Å². The first-order valence-corrected chi connectivity index (χ1v) is 13.3. The van der Waals surface area contributed by atoms with Crippen molar-refractivity contribution in [3.63, 3.8) is 0 Å². The van der Waals surface area contributed by atoms with Crippen LogP contribution in [0.3, 0.4) is 0 Å². The standard InChI is InChI=1S/C26H31FN4O4S/c1-18-13-31(19(2)16-32)36(33,34)26-9-8-21(22-6-4-5-7-23(22)27)10-24(26)35-25(18)15-30(3)14-20-11-28-17-29-12-20/h4-12,17-19,25,32H,13-16H2,1-3H3/t18-,19+,25-/m1/s1. The molecule has 1 aliphatic rings. The van der Waals surface area contributed by atoms with Crippen molar-refractivity contribution in [3.8, 4) is 16.9 Å². The third kappa shape index (κ3) is 5.57. The Hall–Kier alpha value is -2.92. The van der Waals surface area contributed by atoms with E-state index in [0.29, 0.717) is 24.2 Å². The molecule has 3 atom stereocenters. The number of aromatic nitrogens is 2. The lowest BCUT2D eigenvalue weighted by molar-refractivity contribution is 0.0733. The molecule has 0 saturated carbocycles. The van der Waals surface area contributed by atoms with Gasteiger partial charge in [-0.05, 0) is 37.7 Å². The Morgan fingerprint density at radius 2 is 1.94 bits per heavy atom. The molecule has 8 nitrogen and oxygen atoms in total. The molecular weight excluding hydrogens is 483 g/mol. The first kappa shape index (κ1) is 26.2.